The molecule has 1 saturated carbocycles. The number of sulfonamides is 1. The largest absolute Gasteiger partial charge is 0.361 e. The summed E-state index contributed by atoms with van der Waals surface area (Å²) in [6.07, 6.45) is 9.00. The van der Waals surface area contributed by atoms with Gasteiger partial charge in [0.2, 0.25) is 15.9 Å². The Hall–Kier alpha value is -3.50. The molecule has 0 aliphatic heterocycles. The van der Waals surface area contributed by atoms with Crippen molar-refractivity contribution in [2.45, 2.75) is 75.8 Å². The lowest BCUT2D eigenvalue weighted by Crippen LogP contribution is -2.59. The summed E-state index contributed by atoms with van der Waals surface area (Å²) in [7, 11) is -4.16. The second kappa shape index (κ2) is 10.9. The van der Waals surface area contributed by atoms with Crippen LogP contribution in [0.1, 0.15) is 67.8 Å². The number of pyridine rings is 1. The summed E-state index contributed by atoms with van der Waals surface area (Å²) in [6.45, 7) is 4.75. The highest BCUT2D eigenvalue weighted by molar-refractivity contribution is 7.89. The quantitative estimate of drug-likeness (QED) is 0.273. The summed E-state index contributed by atoms with van der Waals surface area (Å²) >= 11 is 0. The van der Waals surface area contributed by atoms with E-state index in [1.807, 2.05) is 48.7 Å². The van der Waals surface area contributed by atoms with Crippen LogP contribution in [0.2, 0.25) is 0 Å². The lowest BCUT2D eigenvalue weighted by molar-refractivity contribution is -0.127. The molecule has 206 valence electrons. The zero-order chi connectivity index (χ0) is 27.6. The standard InChI is InChI=1S/C29H35N5O4S/c1-19-27(20(2)38-33-19)39(36,37)34-29(3,17-22-18-31-24-14-8-7-13-23(22)24)28(35)32-26(21-11-5-4-6-12-21)25-15-9-10-16-30-25/h7-10,13-16,18,21,26,31,34H,4-6,11-12,17H2,1-3H3,(H,32,35). The number of nitrogens with zero attached hydrogens (tertiary/aromatic N) is 2. The highest BCUT2D eigenvalue weighted by Crippen LogP contribution is 2.35. The molecule has 9 nitrogen and oxygen atoms in total. The fraction of sp³-hybridized carbons (Fsp3) is 0.414. The predicted octanol–water partition coefficient (Wildman–Crippen LogP) is 4.89. The van der Waals surface area contributed by atoms with Crippen LogP contribution in [0, 0.1) is 19.8 Å². The second-order valence-electron chi connectivity index (χ2n) is 10.7. The molecule has 2 atom stereocenters. The van der Waals surface area contributed by atoms with E-state index in [4.69, 9.17) is 4.52 Å². The van der Waals surface area contributed by atoms with E-state index in [2.05, 4.69) is 25.2 Å². The molecule has 1 aromatic carbocycles. The summed E-state index contributed by atoms with van der Waals surface area (Å²) < 4.78 is 35.3. The molecule has 1 aliphatic rings. The van der Waals surface area contributed by atoms with E-state index in [0.717, 1.165) is 47.8 Å². The highest BCUT2D eigenvalue weighted by Gasteiger charge is 2.42. The van der Waals surface area contributed by atoms with Gasteiger partial charge in [0.15, 0.2) is 5.76 Å². The molecule has 4 aromatic rings. The van der Waals surface area contributed by atoms with Crippen molar-refractivity contribution in [2.24, 2.45) is 5.92 Å². The van der Waals surface area contributed by atoms with Gasteiger partial charge in [-0.15, -0.1) is 0 Å². The van der Waals surface area contributed by atoms with Gasteiger partial charge in [-0.1, -0.05) is 48.7 Å². The first-order valence-corrected chi connectivity index (χ1v) is 14.9. The van der Waals surface area contributed by atoms with Crippen LogP contribution in [0.15, 0.2) is 64.3 Å². The van der Waals surface area contributed by atoms with Crippen molar-refractivity contribution in [2.75, 3.05) is 0 Å². The van der Waals surface area contributed by atoms with Crippen LogP contribution >= 0.6 is 0 Å². The number of benzene rings is 1. The average molecular weight is 550 g/mol. The number of hydrogen-bond acceptors (Lipinski definition) is 6. The molecule has 39 heavy (non-hydrogen) atoms. The molecule has 10 heteroatoms. The van der Waals surface area contributed by atoms with Crippen LogP contribution in [0.4, 0.5) is 0 Å². The van der Waals surface area contributed by atoms with Gasteiger partial charge in [0.05, 0.1) is 11.7 Å². The first-order valence-electron chi connectivity index (χ1n) is 13.4. The summed E-state index contributed by atoms with van der Waals surface area (Å²) in [5.41, 5.74) is 1.24. The van der Waals surface area contributed by atoms with Crippen LogP contribution in [0.5, 0.6) is 0 Å². The Morgan fingerprint density at radius 2 is 1.87 bits per heavy atom. The number of para-hydroxylation sites is 1. The highest BCUT2D eigenvalue weighted by atomic mass is 32.2. The van der Waals surface area contributed by atoms with Gasteiger partial charge in [0.1, 0.15) is 16.1 Å². The molecule has 1 amide bonds. The number of aryl methyl sites for hydroxylation is 2. The number of aromatic amines is 1. The zero-order valence-corrected chi connectivity index (χ0v) is 23.3. The molecule has 0 saturated heterocycles. The third-order valence-corrected chi connectivity index (χ3v) is 9.57. The van der Waals surface area contributed by atoms with E-state index in [1.165, 1.54) is 6.42 Å². The first kappa shape index (κ1) is 27.1. The molecule has 2 unspecified atom stereocenters. The van der Waals surface area contributed by atoms with Gasteiger partial charge in [-0.2, -0.15) is 4.72 Å². The number of H-pyrrole nitrogens is 1. The van der Waals surface area contributed by atoms with Crippen molar-refractivity contribution in [1.29, 1.82) is 0 Å². The van der Waals surface area contributed by atoms with Crippen molar-refractivity contribution < 1.29 is 17.7 Å². The minimum atomic E-state index is -4.16. The maximum Gasteiger partial charge on any atom is 0.246 e. The van der Waals surface area contributed by atoms with Crippen LogP contribution in [0.25, 0.3) is 10.9 Å². The zero-order valence-electron chi connectivity index (χ0n) is 22.5. The number of aromatic nitrogens is 3. The minimum Gasteiger partial charge on any atom is -0.361 e. The SMILES string of the molecule is Cc1noc(C)c1S(=O)(=O)NC(C)(Cc1c[nH]c2ccccc12)C(=O)NC(c1ccccn1)C1CCCCC1. The van der Waals surface area contributed by atoms with Gasteiger partial charge < -0.3 is 14.8 Å². The predicted molar refractivity (Wildman–Crippen MR) is 148 cm³/mol. The smallest absolute Gasteiger partial charge is 0.246 e. The normalized spacial score (nSPS) is 17.1. The molecule has 0 bridgehead atoms. The van der Waals surface area contributed by atoms with Crippen LogP contribution in [-0.4, -0.2) is 35.0 Å². The number of rotatable bonds is 9. The summed E-state index contributed by atoms with van der Waals surface area (Å²) in [5.74, 6) is -0.0260. The molecule has 1 fully saturated rings. The molecule has 1 aliphatic carbocycles. The van der Waals surface area contributed by atoms with Crippen molar-refractivity contribution in [3.63, 3.8) is 0 Å². The van der Waals surface area contributed by atoms with E-state index in [9.17, 15) is 13.2 Å². The molecular formula is C29H35N5O4S. The van der Waals surface area contributed by atoms with Crippen molar-refractivity contribution >= 4 is 26.8 Å². The fourth-order valence-corrected chi connectivity index (χ4v) is 7.49. The van der Waals surface area contributed by atoms with Crippen molar-refractivity contribution in [1.82, 2.24) is 25.2 Å². The van der Waals surface area contributed by atoms with E-state index in [-0.39, 0.29) is 34.7 Å². The average Bonchev–Trinajstić information content (AvgIpc) is 3.50. The van der Waals surface area contributed by atoms with E-state index in [0.29, 0.717) is 0 Å². The maximum atomic E-state index is 14.3. The van der Waals surface area contributed by atoms with E-state index < -0.39 is 21.5 Å². The molecule has 3 aromatic heterocycles. The third-order valence-electron chi connectivity index (χ3n) is 7.73. The van der Waals surface area contributed by atoms with E-state index in [1.54, 1.807) is 27.0 Å². The Labute approximate surface area is 228 Å². The Bertz CT molecular complexity index is 1540. The lowest BCUT2D eigenvalue weighted by Gasteiger charge is -2.35. The Morgan fingerprint density at radius 1 is 1.13 bits per heavy atom. The second-order valence-corrected chi connectivity index (χ2v) is 12.4. The van der Waals surface area contributed by atoms with Crippen molar-refractivity contribution in [3.8, 4) is 0 Å². The molecular weight excluding hydrogens is 514 g/mol. The number of amides is 1. The number of nitrogens with one attached hydrogen (secondary N) is 3. The lowest BCUT2D eigenvalue weighted by atomic mass is 9.82. The Kier molecular flexibility index (Phi) is 7.59. The van der Waals surface area contributed by atoms with Crippen LogP contribution in [-0.2, 0) is 21.2 Å². The van der Waals surface area contributed by atoms with Crippen molar-refractivity contribution in [3.05, 3.63) is 77.6 Å². The maximum absolute atomic E-state index is 14.3. The number of fused-ring (bicyclic) bond motifs is 1. The first-order chi connectivity index (χ1) is 18.7. The monoisotopic (exact) mass is 549 g/mol. The van der Waals surface area contributed by atoms with Crippen LogP contribution in [0.3, 0.4) is 0 Å². The number of carbonyl (C=O) groups is 1. The number of hydrogen-bond donors (Lipinski definition) is 3. The van der Waals surface area contributed by atoms with E-state index >= 15 is 0 Å². The Morgan fingerprint density at radius 3 is 2.56 bits per heavy atom. The topological polar surface area (TPSA) is 130 Å². The molecule has 3 heterocycles. The minimum absolute atomic E-state index is 0.0472. The van der Waals surface area contributed by atoms with Gasteiger partial charge in [0.25, 0.3) is 0 Å². The van der Waals surface area contributed by atoms with Gasteiger partial charge in [0, 0.05) is 29.7 Å². The van der Waals surface area contributed by atoms with Gasteiger partial charge in [-0.25, -0.2) is 8.42 Å². The van der Waals surface area contributed by atoms with Crippen LogP contribution < -0.4 is 10.0 Å². The molecule has 3 N–H and O–H groups in total. The summed E-state index contributed by atoms with van der Waals surface area (Å²) in [6, 6.07) is 13.1. The Balaban J connectivity index is 1.53. The van der Waals surface area contributed by atoms with Gasteiger partial charge in [-0.05, 0) is 63.3 Å². The molecule has 5 rings (SSSR count). The molecule has 0 spiro atoms. The number of carbonyl (C=O) groups excluding carboxylic acids is 1. The summed E-state index contributed by atoms with van der Waals surface area (Å²) in [4.78, 5) is 22.0. The summed E-state index contributed by atoms with van der Waals surface area (Å²) in [5, 5.41) is 7.97. The molecule has 0 radical (unpaired) electrons. The van der Waals surface area contributed by atoms with Gasteiger partial charge in [-0.3, -0.25) is 9.78 Å². The third kappa shape index (κ3) is 5.62. The fourth-order valence-electron chi connectivity index (χ4n) is 5.79. The van der Waals surface area contributed by atoms with Gasteiger partial charge >= 0.3 is 0 Å².